The van der Waals surface area contributed by atoms with Crippen LogP contribution in [0.1, 0.15) is 29.5 Å². The molecule has 0 bridgehead atoms. The van der Waals surface area contributed by atoms with Crippen LogP contribution in [-0.2, 0) is 13.1 Å². The molecule has 2 aromatic rings. The highest BCUT2D eigenvalue weighted by Crippen LogP contribution is 2.47. The van der Waals surface area contributed by atoms with Gasteiger partial charge >= 0.3 is 0 Å². The van der Waals surface area contributed by atoms with Crippen molar-refractivity contribution < 1.29 is 4.74 Å². The van der Waals surface area contributed by atoms with Crippen LogP contribution in [-0.4, -0.2) is 22.0 Å². The third-order valence-corrected chi connectivity index (χ3v) is 5.10. The average Bonchev–Trinajstić information content (AvgIpc) is 3.28. The van der Waals surface area contributed by atoms with Crippen LogP contribution in [0.5, 0.6) is 5.75 Å². The summed E-state index contributed by atoms with van der Waals surface area (Å²) in [5.41, 5.74) is 3.32. The Morgan fingerprint density at radius 3 is 2.91 bits per heavy atom. The fraction of sp³-hybridized carbons (Fsp3) is 0.389. The Balaban J connectivity index is 1.69. The van der Waals surface area contributed by atoms with Crippen LogP contribution in [0, 0.1) is 6.92 Å². The van der Waals surface area contributed by atoms with Gasteiger partial charge in [0.15, 0.2) is 0 Å². The van der Waals surface area contributed by atoms with E-state index in [-0.39, 0.29) is 11.1 Å². The van der Waals surface area contributed by atoms with Gasteiger partial charge in [-0.3, -0.25) is 9.69 Å². The zero-order valence-corrected chi connectivity index (χ0v) is 13.8. The summed E-state index contributed by atoms with van der Waals surface area (Å²) in [7, 11) is 0. The summed E-state index contributed by atoms with van der Waals surface area (Å²) in [6.45, 7) is 4.25. The lowest BCUT2D eigenvalue weighted by molar-refractivity contribution is 0.119. The predicted octanol–water partition coefficient (Wildman–Crippen LogP) is 3.26. The molecule has 1 aromatic heterocycles. The smallest absolute Gasteiger partial charge is 0.248 e. The zero-order chi connectivity index (χ0) is 16.0. The van der Waals surface area contributed by atoms with Crippen molar-refractivity contribution in [2.75, 3.05) is 6.61 Å². The maximum absolute atomic E-state index is 11.5. The van der Waals surface area contributed by atoms with Crippen molar-refractivity contribution in [3.8, 4) is 5.75 Å². The molecule has 120 valence electrons. The number of rotatable bonds is 2. The number of H-pyrrole nitrogens is 1. The highest BCUT2D eigenvalue weighted by atomic mass is 35.5. The lowest BCUT2D eigenvalue weighted by atomic mass is 10.1. The molecule has 1 fully saturated rings. The number of hydrogen-bond acceptors (Lipinski definition) is 3. The Kier molecular flexibility index (Phi) is 3.47. The molecule has 1 spiro atoms. The number of hydrogen-bond donors (Lipinski definition) is 1. The normalized spacial score (nSPS) is 19.0. The van der Waals surface area contributed by atoms with Crippen molar-refractivity contribution in [1.29, 1.82) is 0 Å². The van der Waals surface area contributed by atoms with Gasteiger partial charge < -0.3 is 9.72 Å². The van der Waals surface area contributed by atoms with E-state index < -0.39 is 0 Å². The van der Waals surface area contributed by atoms with Crippen LogP contribution < -0.4 is 10.3 Å². The topological polar surface area (TPSA) is 45.3 Å². The van der Waals surface area contributed by atoms with Crippen LogP contribution in [0.15, 0.2) is 35.3 Å². The summed E-state index contributed by atoms with van der Waals surface area (Å²) in [4.78, 5) is 16.7. The highest BCUT2D eigenvalue weighted by molar-refractivity contribution is 6.32. The second-order valence-corrected chi connectivity index (χ2v) is 7.07. The number of fused-ring (bicyclic) bond motifs is 1. The standard InChI is InChI=1S/C18H19ClN2O2/c1-12-6-14-10-21(9-13-2-5-20-16(22)8-13)18(3-4-18)11-23-17(14)15(19)7-12/h2,5-8H,3-4,9-11H2,1H3,(H,20,22). The summed E-state index contributed by atoms with van der Waals surface area (Å²) in [6.07, 6.45) is 3.96. The first-order valence-corrected chi connectivity index (χ1v) is 8.28. The largest absolute Gasteiger partial charge is 0.490 e. The minimum absolute atomic E-state index is 0.0577. The number of nitrogens with zero attached hydrogens (tertiary/aromatic N) is 1. The maximum atomic E-state index is 11.5. The molecule has 1 saturated carbocycles. The number of benzene rings is 1. The summed E-state index contributed by atoms with van der Waals surface area (Å²) in [6, 6.07) is 7.74. The number of ether oxygens (including phenoxy) is 1. The Labute approximate surface area is 140 Å². The quantitative estimate of drug-likeness (QED) is 0.919. The predicted molar refractivity (Wildman–Crippen MR) is 90.0 cm³/mol. The van der Waals surface area contributed by atoms with E-state index in [1.54, 1.807) is 12.3 Å². The number of pyridine rings is 1. The van der Waals surface area contributed by atoms with E-state index >= 15 is 0 Å². The summed E-state index contributed by atoms with van der Waals surface area (Å²) >= 11 is 6.37. The fourth-order valence-corrected chi connectivity index (χ4v) is 3.74. The van der Waals surface area contributed by atoms with Gasteiger partial charge in [-0.15, -0.1) is 0 Å². The summed E-state index contributed by atoms with van der Waals surface area (Å²) < 4.78 is 6.06. The molecule has 0 atom stereocenters. The molecule has 2 heterocycles. The fourth-order valence-electron chi connectivity index (χ4n) is 3.39. The van der Waals surface area contributed by atoms with E-state index in [1.165, 1.54) is 0 Å². The molecule has 1 aliphatic heterocycles. The van der Waals surface area contributed by atoms with E-state index in [0.717, 1.165) is 48.4 Å². The lowest BCUT2D eigenvalue weighted by Crippen LogP contribution is -2.39. The maximum Gasteiger partial charge on any atom is 0.248 e. The van der Waals surface area contributed by atoms with Crippen LogP contribution >= 0.6 is 11.6 Å². The molecule has 2 aliphatic rings. The van der Waals surface area contributed by atoms with E-state index in [4.69, 9.17) is 16.3 Å². The molecule has 1 aliphatic carbocycles. The molecule has 1 N–H and O–H groups in total. The minimum atomic E-state index is -0.0577. The molecular weight excluding hydrogens is 312 g/mol. The molecule has 0 saturated heterocycles. The molecule has 23 heavy (non-hydrogen) atoms. The van der Waals surface area contributed by atoms with Crippen molar-refractivity contribution in [3.05, 3.63) is 62.5 Å². The number of aromatic amines is 1. The third kappa shape index (κ3) is 2.77. The van der Waals surface area contributed by atoms with Crippen molar-refractivity contribution >= 4 is 11.6 Å². The molecule has 4 rings (SSSR count). The first-order valence-electron chi connectivity index (χ1n) is 7.90. The van der Waals surface area contributed by atoms with E-state index in [1.807, 2.05) is 19.1 Å². The lowest BCUT2D eigenvalue weighted by Gasteiger charge is -2.29. The van der Waals surface area contributed by atoms with Crippen molar-refractivity contribution in [2.24, 2.45) is 0 Å². The van der Waals surface area contributed by atoms with Crippen LogP contribution in [0.4, 0.5) is 0 Å². The molecule has 0 amide bonds. The highest BCUT2D eigenvalue weighted by Gasteiger charge is 2.50. The first-order chi connectivity index (χ1) is 11.1. The number of nitrogens with one attached hydrogen (secondary N) is 1. The van der Waals surface area contributed by atoms with Gasteiger partial charge in [-0.2, -0.15) is 0 Å². The van der Waals surface area contributed by atoms with E-state index in [9.17, 15) is 4.79 Å². The SMILES string of the molecule is Cc1cc(Cl)c2c(c1)CN(Cc1cc[nH]c(=O)c1)C1(CC1)CO2. The van der Waals surface area contributed by atoms with Gasteiger partial charge in [-0.1, -0.05) is 17.7 Å². The van der Waals surface area contributed by atoms with Crippen molar-refractivity contribution in [3.63, 3.8) is 0 Å². The number of halogens is 1. The van der Waals surface area contributed by atoms with E-state index in [2.05, 4.69) is 16.0 Å². The molecule has 0 radical (unpaired) electrons. The summed E-state index contributed by atoms with van der Waals surface area (Å²) in [5, 5.41) is 0.689. The van der Waals surface area contributed by atoms with Gasteiger partial charge in [-0.05, 0) is 43.0 Å². The van der Waals surface area contributed by atoms with Crippen LogP contribution in [0.2, 0.25) is 5.02 Å². The Morgan fingerprint density at radius 2 is 2.17 bits per heavy atom. The first kappa shape index (κ1) is 14.8. The molecule has 0 unspecified atom stereocenters. The van der Waals surface area contributed by atoms with Crippen molar-refractivity contribution in [2.45, 2.75) is 38.4 Å². The average molecular weight is 331 g/mol. The minimum Gasteiger partial charge on any atom is -0.490 e. The Morgan fingerprint density at radius 1 is 1.35 bits per heavy atom. The number of aromatic nitrogens is 1. The van der Waals surface area contributed by atoms with Crippen LogP contribution in [0.3, 0.4) is 0 Å². The molecular formula is C18H19ClN2O2. The Hall–Kier alpha value is -1.78. The van der Waals surface area contributed by atoms with Gasteiger partial charge in [0.2, 0.25) is 5.56 Å². The van der Waals surface area contributed by atoms with Gasteiger partial charge in [-0.25, -0.2) is 0 Å². The second-order valence-electron chi connectivity index (χ2n) is 6.67. The van der Waals surface area contributed by atoms with E-state index in [0.29, 0.717) is 11.6 Å². The summed E-state index contributed by atoms with van der Waals surface area (Å²) in [5.74, 6) is 0.817. The monoisotopic (exact) mass is 330 g/mol. The molecule has 1 aromatic carbocycles. The van der Waals surface area contributed by atoms with Gasteiger partial charge in [0.25, 0.3) is 0 Å². The number of aryl methyl sites for hydroxylation is 1. The molecule has 5 heteroatoms. The third-order valence-electron chi connectivity index (χ3n) is 4.82. The molecule has 4 nitrogen and oxygen atoms in total. The Bertz CT molecular complexity index is 811. The zero-order valence-electron chi connectivity index (χ0n) is 13.1. The van der Waals surface area contributed by atoms with Gasteiger partial charge in [0.05, 0.1) is 10.6 Å². The van der Waals surface area contributed by atoms with Crippen molar-refractivity contribution in [1.82, 2.24) is 9.88 Å². The van der Waals surface area contributed by atoms with Crippen LogP contribution in [0.25, 0.3) is 0 Å². The van der Waals surface area contributed by atoms with Gasteiger partial charge in [0.1, 0.15) is 12.4 Å². The second kappa shape index (κ2) is 5.39. The van der Waals surface area contributed by atoms with Gasteiger partial charge in [0, 0.05) is 30.9 Å².